The van der Waals surface area contributed by atoms with Gasteiger partial charge in [0.05, 0.1) is 18.1 Å². The predicted octanol–water partition coefficient (Wildman–Crippen LogP) is 2.98. The van der Waals surface area contributed by atoms with Gasteiger partial charge in [-0.2, -0.15) is 0 Å². The first kappa shape index (κ1) is 10.9. The van der Waals surface area contributed by atoms with Gasteiger partial charge >= 0.3 is 0 Å². The second-order valence-electron chi connectivity index (χ2n) is 3.77. The highest BCUT2D eigenvalue weighted by Crippen LogP contribution is 2.20. The van der Waals surface area contributed by atoms with Gasteiger partial charge in [0.25, 0.3) is 0 Å². The molecule has 4 nitrogen and oxygen atoms in total. The molecule has 88 valence electrons. The Balaban J connectivity index is 2.00. The Morgan fingerprint density at radius 2 is 2.06 bits per heavy atom. The maximum Gasteiger partial charge on any atom is 0.113 e. The largest absolute Gasteiger partial charge is 0.262 e. The fourth-order valence-corrected chi connectivity index (χ4v) is 1.85. The molecule has 0 aliphatic heterocycles. The minimum atomic E-state index is 0.684. The molecule has 2 heterocycles. The Morgan fingerprint density at radius 3 is 2.83 bits per heavy atom. The lowest BCUT2D eigenvalue weighted by Gasteiger charge is -1.97. The summed E-state index contributed by atoms with van der Waals surface area (Å²) in [6, 6.07) is 11.3. The van der Waals surface area contributed by atoms with Crippen LogP contribution in [0.1, 0.15) is 0 Å². The summed E-state index contributed by atoms with van der Waals surface area (Å²) in [4.78, 5) is 4.05. The van der Waals surface area contributed by atoms with Crippen LogP contribution >= 0.6 is 11.6 Å². The second-order valence-corrected chi connectivity index (χ2v) is 4.21. The van der Waals surface area contributed by atoms with E-state index in [1.54, 1.807) is 17.1 Å². The van der Waals surface area contributed by atoms with Crippen LogP contribution in [0.3, 0.4) is 0 Å². The molecule has 0 radical (unpaired) electrons. The van der Waals surface area contributed by atoms with Crippen molar-refractivity contribution < 1.29 is 0 Å². The van der Waals surface area contributed by atoms with Crippen molar-refractivity contribution in [2.24, 2.45) is 0 Å². The number of hydrogen-bond donors (Lipinski definition) is 0. The number of pyridine rings is 1. The lowest BCUT2D eigenvalue weighted by molar-refractivity contribution is 0.800. The molecule has 0 spiro atoms. The molecule has 0 aliphatic rings. The van der Waals surface area contributed by atoms with Crippen molar-refractivity contribution in [1.29, 1.82) is 0 Å². The fourth-order valence-electron chi connectivity index (χ4n) is 1.66. The average Bonchev–Trinajstić information content (AvgIpc) is 2.89. The van der Waals surface area contributed by atoms with E-state index in [9.17, 15) is 0 Å². The SMILES string of the molecule is Clc1cccc(-c2cn(-c3cccnc3)nn2)c1. The maximum absolute atomic E-state index is 5.95. The Kier molecular flexibility index (Phi) is 2.78. The Bertz CT molecular complexity index is 664. The van der Waals surface area contributed by atoms with Gasteiger partial charge in [-0.25, -0.2) is 4.68 Å². The first-order chi connectivity index (χ1) is 8.83. The highest BCUT2D eigenvalue weighted by molar-refractivity contribution is 6.30. The average molecular weight is 257 g/mol. The highest BCUT2D eigenvalue weighted by Gasteiger charge is 2.05. The molecule has 18 heavy (non-hydrogen) atoms. The molecule has 0 amide bonds. The molecule has 0 atom stereocenters. The van der Waals surface area contributed by atoms with E-state index in [0.29, 0.717) is 5.02 Å². The zero-order chi connectivity index (χ0) is 12.4. The number of benzene rings is 1. The van der Waals surface area contributed by atoms with Crippen LogP contribution in [0, 0.1) is 0 Å². The minimum Gasteiger partial charge on any atom is -0.262 e. The zero-order valence-corrected chi connectivity index (χ0v) is 10.1. The smallest absolute Gasteiger partial charge is 0.113 e. The van der Waals surface area contributed by atoms with Gasteiger partial charge < -0.3 is 0 Å². The first-order valence-electron chi connectivity index (χ1n) is 5.41. The molecule has 5 heteroatoms. The van der Waals surface area contributed by atoms with Crippen molar-refractivity contribution in [1.82, 2.24) is 20.0 Å². The van der Waals surface area contributed by atoms with E-state index < -0.39 is 0 Å². The summed E-state index contributed by atoms with van der Waals surface area (Å²) >= 11 is 5.95. The van der Waals surface area contributed by atoms with Crippen LogP contribution < -0.4 is 0 Å². The number of aromatic nitrogens is 4. The highest BCUT2D eigenvalue weighted by atomic mass is 35.5. The number of nitrogens with zero attached hydrogens (tertiary/aromatic N) is 4. The summed E-state index contributed by atoms with van der Waals surface area (Å²) in [7, 11) is 0. The summed E-state index contributed by atoms with van der Waals surface area (Å²) in [6.07, 6.45) is 5.30. The monoisotopic (exact) mass is 256 g/mol. The molecule has 3 aromatic rings. The van der Waals surface area contributed by atoms with Crippen LogP contribution in [0.4, 0.5) is 0 Å². The normalized spacial score (nSPS) is 10.5. The molecule has 0 aliphatic carbocycles. The second kappa shape index (κ2) is 4.58. The topological polar surface area (TPSA) is 43.6 Å². The third-order valence-electron chi connectivity index (χ3n) is 2.52. The molecule has 0 saturated heterocycles. The van der Waals surface area contributed by atoms with Crippen molar-refractivity contribution in [2.45, 2.75) is 0 Å². The van der Waals surface area contributed by atoms with E-state index in [2.05, 4.69) is 15.3 Å². The summed E-state index contributed by atoms with van der Waals surface area (Å²) in [5.74, 6) is 0. The molecule has 0 N–H and O–H groups in total. The van der Waals surface area contributed by atoms with Crippen molar-refractivity contribution in [3.8, 4) is 16.9 Å². The van der Waals surface area contributed by atoms with E-state index in [4.69, 9.17) is 11.6 Å². The van der Waals surface area contributed by atoms with Crippen molar-refractivity contribution >= 4 is 11.6 Å². The third-order valence-corrected chi connectivity index (χ3v) is 2.76. The van der Waals surface area contributed by atoms with Gasteiger partial charge in [0.1, 0.15) is 5.69 Å². The molecule has 0 fully saturated rings. The Morgan fingerprint density at radius 1 is 1.11 bits per heavy atom. The van der Waals surface area contributed by atoms with Crippen LogP contribution in [0.15, 0.2) is 55.0 Å². The maximum atomic E-state index is 5.95. The van der Waals surface area contributed by atoms with Crippen LogP contribution in [-0.4, -0.2) is 20.0 Å². The number of halogens is 1. The van der Waals surface area contributed by atoms with E-state index >= 15 is 0 Å². The minimum absolute atomic E-state index is 0.684. The number of rotatable bonds is 2. The molecule has 2 aromatic heterocycles. The summed E-state index contributed by atoms with van der Waals surface area (Å²) in [5, 5.41) is 8.89. The molecular formula is C13H9ClN4. The lowest BCUT2D eigenvalue weighted by atomic mass is 10.2. The van der Waals surface area contributed by atoms with Crippen molar-refractivity contribution in [3.05, 3.63) is 60.0 Å². The van der Waals surface area contributed by atoms with Gasteiger partial charge in [-0.05, 0) is 24.3 Å². The van der Waals surface area contributed by atoms with Crippen LogP contribution in [0.5, 0.6) is 0 Å². The third kappa shape index (κ3) is 2.10. The summed E-state index contributed by atoms with van der Waals surface area (Å²) in [5.41, 5.74) is 2.59. The fraction of sp³-hybridized carbons (Fsp3) is 0. The van der Waals surface area contributed by atoms with Crippen molar-refractivity contribution in [2.75, 3.05) is 0 Å². The zero-order valence-electron chi connectivity index (χ0n) is 9.36. The molecule has 0 saturated carbocycles. The van der Waals surface area contributed by atoms with Crippen LogP contribution in [0.25, 0.3) is 16.9 Å². The number of hydrogen-bond acceptors (Lipinski definition) is 3. The molecular weight excluding hydrogens is 248 g/mol. The van der Waals surface area contributed by atoms with E-state index in [1.165, 1.54) is 0 Å². The Hall–Kier alpha value is -2.20. The van der Waals surface area contributed by atoms with Gasteiger partial charge in [0.2, 0.25) is 0 Å². The van der Waals surface area contributed by atoms with Gasteiger partial charge in [0.15, 0.2) is 0 Å². The van der Waals surface area contributed by atoms with E-state index in [1.807, 2.05) is 42.6 Å². The summed E-state index contributed by atoms with van der Waals surface area (Å²) in [6.45, 7) is 0. The van der Waals surface area contributed by atoms with Crippen molar-refractivity contribution in [3.63, 3.8) is 0 Å². The predicted molar refractivity (Wildman–Crippen MR) is 69.6 cm³/mol. The standard InChI is InChI=1S/C13H9ClN4/c14-11-4-1-3-10(7-11)13-9-18(17-16-13)12-5-2-6-15-8-12/h1-9H. The first-order valence-corrected chi connectivity index (χ1v) is 5.79. The Labute approximate surface area is 109 Å². The van der Waals surface area contributed by atoms with E-state index in [-0.39, 0.29) is 0 Å². The van der Waals surface area contributed by atoms with Gasteiger partial charge in [-0.1, -0.05) is 28.9 Å². The van der Waals surface area contributed by atoms with Gasteiger partial charge in [-0.15, -0.1) is 5.10 Å². The van der Waals surface area contributed by atoms with Gasteiger partial charge in [0, 0.05) is 16.8 Å². The van der Waals surface area contributed by atoms with Crippen LogP contribution in [0.2, 0.25) is 5.02 Å². The van der Waals surface area contributed by atoms with Gasteiger partial charge in [-0.3, -0.25) is 4.98 Å². The summed E-state index contributed by atoms with van der Waals surface area (Å²) < 4.78 is 1.68. The lowest BCUT2D eigenvalue weighted by Crippen LogP contribution is -1.94. The quantitative estimate of drug-likeness (QED) is 0.708. The molecule has 0 unspecified atom stereocenters. The molecule has 3 rings (SSSR count). The molecule has 1 aromatic carbocycles. The van der Waals surface area contributed by atoms with Crippen LogP contribution in [-0.2, 0) is 0 Å². The van der Waals surface area contributed by atoms with E-state index in [0.717, 1.165) is 16.9 Å². The molecule has 0 bridgehead atoms.